The highest BCUT2D eigenvalue weighted by atomic mass is 16.5. The Morgan fingerprint density at radius 3 is 1.83 bits per heavy atom. The number of carbonyl (C=O) groups is 4. The predicted molar refractivity (Wildman–Crippen MR) is 58.1 cm³/mol. The molecule has 0 unspecified atom stereocenters. The maximum Gasteiger partial charge on any atom is 0.343 e. The predicted octanol–water partition coefficient (Wildman–Crippen LogP) is 0.488. The van der Waals surface area contributed by atoms with E-state index in [4.69, 9.17) is 0 Å². The molecule has 1 fully saturated rings. The van der Waals surface area contributed by atoms with E-state index in [1.54, 1.807) is 12.1 Å². The van der Waals surface area contributed by atoms with Gasteiger partial charge >= 0.3 is 5.97 Å². The summed E-state index contributed by atoms with van der Waals surface area (Å²) in [7, 11) is 0. The normalized spacial score (nSPS) is 18.4. The van der Waals surface area contributed by atoms with Crippen molar-refractivity contribution >= 4 is 23.3 Å². The second-order valence-corrected chi connectivity index (χ2v) is 3.95. The number of ether oxygens (including phenoxy) is 1. The number of benzene rings is 1. The fourth-order valence-corrected chi connectivity index (χ4v) is 2.11. The van der Waals surface area contributed by atoms with Gasteiger partial charge in [-0.2, -0.15) is 0 Å². The van der Waals surface area contributed by atoms with E-state index in [1.165, 1.54) is 12.1 Å². The van der Waals surface area contributed by atoms with Crippen LogP contribution in [0.25, 0.3) is 0 Å². The monoisotopic (exact) mass is 242 g/mol. The van der Waals surface area contributed by atoms with Crippen LogP contribution in [0.15, 0.2) is 35.4 Å². The summed E-state index contributed by atoms with van der Waals surface area (Å²) in [4.78, 5) is 47.0. The van der Waals surface area contributed by atoms with Crippen molar-refractivity contribution in [2.75, 3.05) is 6.61 Å². The Labute approximate surface area is 101 Å². The lowest BCUT2D eigenvalue weighted by atomic mass is 10.0. The first-order valence-corrected chi connectivity index (χ1v) is 5.24. The molecule has 1 aromatic rings. The van der Waals surface area contributed by atoms with Gasteiger partial charge in [0.2, 0.25) is 5.78 Å². The minimum Gasteiger partial charge on any atom is -0.454 e. The van der Waals surface area contributed by atoms with Crippen LogP contribution < -0.4 is 0 Å². The molecule has 3 rings (SSSR count). The third-order valence-electron chi connectivity index (χ3n) is 2.94. The summed E-state index contributed by atoms with van der Waals surface area (Å²) in [5, 5.41) is 0. The van der Waals surface area contributed by atoms with Crippen molar-refractivity contribution in [3.05, 3.63) is 46.5 Å². The zero-order valence-electron chi connectivity index (χ0n) is 9.06. The van der Waals surface area contributed by atoms with Crippen molar-refractivity contribution in [3.8, 4) is 0 Å². The third-order valence-corrected chi connectivity index (χ3v) is 2.94. The SMILES string of the molecule is O=C1COC(=O)C1=C1C(=O)c2ccccc2C1=O. The molecular weight excluding hydrogens is 236 g/mol. The molecular formula is C13H6O5. The topological polar surface area (TPSA) is 77.5 Å². The Morgan fingerprint density at radius 2 is 1.39 bits per heavy atom. The van der Waals surface area contributed by atoms with Gasteiger partial charge in [0.15, 0.2) is 18.2 Å². The molecule has 0 radical (unpaired) electrons. The largest absolute Gasteiger partial charge is 0.454 e. The molecule has 1 aliphatic heterocycles. The second kappa shape index (κ2) is 3.46. The van der Waals surface area contributed by atoms with Gasteiger partial charge in [0, 0.05) is 11.1 Å². The molecule has 88 valence electrons. The molecule has 5 heteroatoms. The molecule has 1 aliphatic carbocycles. The van der Waals surface area contributed by atoms with Gasteiger partial charge in [0.25, 0.3) is 0 Å². The lowest BCUT2D eigenvalue weighted by molar-refractivity contribution is -0.135. The van der Waals surface area contributed by atoms with E-state index in [-0.39, 0.29) is 16.7 Å². The number of rotatable bonds is 0. The van der Waals surface area contributed by atoms with Crippen LogP contribution in [0.1, 0.15) is 20.7 Å². The molecule has 0 bridgehead atoms. The molecule has 2 aliphatic rings. The Balaban J connectivity index is 2.27. The number of fused-ring (bicyclic) bond motifs is 1. The van der Waals surface area contributed by atoms with Gasteiger partial charge in [-0.3, -0.25) is 14.4 Å². The van der Waals surface area contributed by atoms with Crippen LogP contribution >= 0.6 is 0 Å². The standard InChI is InChI=1S/C13H6O5/c14-8-5-18-13(17)9(8)10-11(15)6-3-1-2-4-7(6)12(10)16/h1-4H,5H2. The van der Waals surface area contributed by atoms with Gasteiger partial charge < -0.3 is 4.74 Å². The average molecular weight is 242 g/mol. The van der Waals surface area contributed by atoms with E-state index in [0.29, 0.717) is 0 Å². The van der Waals surface area contributed by atoms with Gasteiger partial charge in [-0.25, -0.2) is 4.79 Å². The number of esters is 1. The average Bonchev–Trinajstić information content (AvgIpc) is 2.81. The van der Waals surface area contributed by atoms with Crippen LogP contribution in [0, 0.1) is 0 Å². The number of hydrogen-bond donors (Lipinski definition) is 0. The minimum absolute atomic E-state index is 0.220. The molecule has 1 aromatic carbocycles. The molecule has 5 nitrogen and oxygen atoms in total. The number of cyclic esters (lactones) is 1. The van der Waals surface area contributed by atoms with Gasteiger partial charge in [-0.1, -0.05) is 24.3 Å². The molecule has 1 heterocycles. The molecule has 18 heavy (non-hydrogen) atoms. The summed E-state index contributed by atoms with van der Waals surface area (Å²) >= 11 is 0. The van der Waals surface area contributed by atoms with E-state index in [2.05, 4.69) is 4.74 Å². The van der Waals surface area contributed by atoms with Crippen molar-refractivity contribution in [3.63, 3.8) is 0 Å². The number of allylic oxidation sites excluding steroid dienone is 1. The van der Waals surface area contributed by atoms with Gasteiger partial charge in [0.05, 0.1) is 5.57 Å². The number of Topliss-reactive ketones (excluding diaryl/α,β-unsaturated/α-hetero) is 3. The summed E-state index contributed by atoms with van der Waals surface area (Å²) in [5.74, 6) is -2.69. The smallest absolute Gasteiger partial charge is 0.343 e. The molecule has 0 amide bonds. The van der Waals surface area contributed by atoms with E-state index in [1.807, 2.05) is 0 Å². The summed E-state index contributed by atoms with van der Waals surface area (Å²) in [6.07, 6.45) is 0. The quantitative estimate of drug-likeness (QED) is 0.376. The fraction of sp³-hybridized carbons (Fsp3) is 0.0769. The molecule has 0 saturated carbocycles. The summed E-state index contributed by atoms with van der Waals surface area (Å²) < 4.78 is 4.53. The maximum atomic E-state index is 12.0. The van der Waals surface area contributed by atoms with Gasteiger partial charge in [-0.15, -0.1) is 0 Å². The maximum absolute atomic E-state index is 12.0. The van der Waals surface area contributed by atoms with Crippen LogP contribution in [0.5, 0.6) is 0 Å². The number of hydrogen-bond acceptors (Lipinski definition) is 5. The van der Waals surface area contributed by atoms with Crippen LogP contribution in [-0.4, -0.2) is 29.9 Å². The Kier molecular flexibility index (Phi) is 2.04. The Bertz CT molecular complexity index is 611. The van der Waals surface area contributed by atoms with Crippen molar-refractivity contribution in [1.29, 1.82) is 0 Å². The van der Waals surface area contributed by atoms with Crippen molar-refractivity contribution in [1.82, 2.24) is 0 Å². The summed E-state index contributed by atoms with van der Waals surface area (Å²) in [6.45, 7) is -0.408. The first-order chi connectivity index (χ1) is 8.61. The van der Waals surface area contributed by atoms with Gasteiger partial charge in [-0.05, 0) is 0 Å². The van der Waals surface area contributed by atoms with E-state index < -0.39 is 35.5 Å². The lowest BCUT2D eigenvalue weighted by Crippen LogP contribution is -2.13. The minimum atomic E-state index is -0.899. The van der Waals surface area contributed by atoms with Crippen molar-refractivity contribution in [2.24, 2.45) is 0 Å². The van der Waals surface area contributed by atoms with E-state index in [9.17, 15) is 19.2 Å². The molecule has 0 aromatic heterocycles. The zero-order valence-corrected chi connectivity index (χ0v) is 9.06. The van der Waals surface area contributed by atoms with E-state index >= 15 is 0 Å². The third kappa shape index (κ3) is 1.21. The summed E-state index contributed by atoms with van der Waals surface area (Å²) in [5.41, 5.74) is -0.333. The molecule has 1 saturated heterocycles. The fourth-order valence-electron chi connectivity index (χ4n) is 2.11. The number of carbonyl (C=O) groups excluding carboxylic acids is 4. The van der Waals surface area contributed by atoms with Crippen molar-refractivity contribution < 1.29 is 23.9 Å². The highest BCUT2D eigenvalue weighted by Gasteiger charge is 2.42. The molecule has 0 N–H and O–H groups in total. The Hall–Kier alpha value is -2.56. The van der Waals surface area contributed by atoms with Crippen LogP contribution in [-0.2, 0) is 14.3 Å². The number of ketones is 3. The molecule has 0 spiro atoms. The van der Waals surface area contributed by atoms with Crippen LogP contribution in [0.3, 0.4) is 0 Å². The second-order valence-electron chi connectivity index (χ2n) is 3.95. The van der Waals surface area contributed by atoms with Crippen LogP contribution in [0.2, 0.25) is 0 Å². The van der Waals surface area contributed by atoms with Crippen molar-refractivity contribution in [2.45, 2.75) is 0 Å². The highest BCUT2D eigenvalue weighted by Crippen LogP contribution is 2.30. The van der Waals surface area contributed by atoms with Crippen LogP contribution in [0.4, 0.5) is 0 Å². The molecule has 0 atom stereocenters. The zero-order chi connectivity index (χ0) is 12.9. The summed E-state index contributed by atoms with van der Waals surface area (Å²) in [6, 6.07) is 6.22. The lowest BCUT2D eigenvalue weighted by Gasteiger charge is -1.95. The Morgan fingerprint density at radius 1 is 0.833 bits per heavy atom. The van der Waals surface area contributed by atoms with Gasteiger partial charge in [0.1, 0.15) is 5.57 Å². The first-order valence-electron chi connectivity index (χ1n) is 5.24. The highest BCUT2D eigenvalue weighted by molar-refractivity contribution is 6.45. The van der Waals surface area contributed by atoms with E-state index in [0.717, 1.165) is 0 Å². The first kappa shape index (κ1) is 10.6.